The molecule has 2 aliphatic rings. The van der Waals surface area contributed by atoms with Gasteiger partial charge in [-0.05, 0) is 48.4 Å². The van der Waals surface area contributed by atoms with Crippen molar-refractivity contribution in [2.24, 2.45) is 0 Å². The summed E-state index contributed by atoms with van der Waals surface area (Å²) < 4.78 is 5.59. The monoisotopic (exact) mass is 450 g/mol. The third-order valence-electron chi connectivity index (χ3n) is 6.88. The number of hydrogen-bond donors (Lipinski definition) is 2. The van der Waals surface area contributed by atoms with Crippen LogP contribution in [-0.2, 0) is 14.3 Å². The number of nitrogens with zero attached hydrogens (tertiary/aromatic N) is 1. The Morgan fingerprint density at radius 2 is 1.73 bits per heavy atom. The van der Waals surface area contributed by atoms with E-state index in [9.17, 15) is 19.5 Å². The van der Waals surface area contributed by atoms with Crippen LogP contribution < -0.4 is 5.32 Å². The molecule has 1 saturated heterocycles. The Kier molecular flexibility index (Phi) is 6.40. The van der Waals surface area contributed by atoms with Crippen molar-refractivity contribution < 1.29 is 24.2 Å². The van der Waals surface area contributed by atoms with Crippen LogP contribution >= 0.6 is 0 Å². The van der Waals surface area contributed by atoms with E-state index in [0.29, 0.717) is 32.2 Å². The van der Waals surface area contributed by atoms with E-state index in [1.165, 1.54) is 4.90 Å². The molecule has 0 saturated carbocycles. The number of carbonyl (C=O) groups is 3. The lowest BCUT2D eigenvalue weighted by Crippen LogP contribution is -2.57. The van der Waals surface area contributed by atoms with Crippen molar-refractivity contribution in [2.75, 3.05) is 13.2 Å². The average molecular weight is 451 g/mol. The summed E-state index contributed by atoms with van der Waals surface area (Å²) in [6.45, 7) is 4.01. The zero-order valence-corrected chi connectivity index (χ0v) is 19.0. The summed E-state index contributed by atoms with van der Waals surface area (Å²) in [7, 11) is 0. The Balaban J connectivity index is 1.44. The van der Waals surface area contributed by atoms with Crippen molar-refractivity contribution in [2.45, 2.75) is 57.0 Å². The Morgan fingerprint density at radius 3 is 2.30 bits per heavy atom. The van der Waals surface area contributed by atoms with Crippen molar-refractivity contribution in [1.29, 1.82) is 0 Å². The Morgan fingerprint density at radius 1 is 1.12 bits per heavy atom. The number of alkyl carbamates (subject to hydrolysis) is 1. The van der Waals surface area contributed by atoms with Crippen molar-refractivity contribution in [3.05, 3.63) is 59.7 Å². The van der Waals surface area contributed by atoms with Crippen LogP contribution in [0.4, 0.5) is 4.79 Å². The molecule has 0 spiro atoms. The summed E-state index contributed by atoms with van der Waals surface area (Å²) in [6, 6.07) is 15.4. The molecule has 33 heavy (non-hydrogen) atoms. The fraction of sp³-hybridized carbons (Fsp3) is 0.423. The van der Waals surface area contributed by atoms with E-state index in [1.807, 2.05) is 43.3 Å². The second kappa shape index (κ2) is 9.25. The minimum atomic E-state index is -1.24. The predicted octanol–water partition coefficient (Wildman–Crippen LogP) is 4.16. The van der Waals surface area contributed by atoms with Crippen LogP contribution in [0.15, 0.2) is 48.5 Å². The molecule has 0 radical (unpaired) electrons. The molecule has 0 bridgehead atoms. The summed E-state index contributed by atoms with van der Waals surface area (Å²) >= 11 is 0. The molecule has 1 aliphatic heterocycles. The molecule has 7 heteroatoms. The SMILES string of the molecule is CCCC(NC(=O)OCC1c2ccccc2-c2ccccc21)C(=O)N1CCCC1(C)C(=O)O. The number of carboxylic acid groups (broad SMARTS) is 1. The fourth-order valence-corrected chi connectivity index (χ4v) is 5.06. The van der Waals surface area contributed by atoms with E-state index >= 15 is 0 Å². The largest absolute Gasteiger partial charge is 0.480 e. The van der Waals surface area contributed by atoms with E-state index in [-0.39, 0.29) is 18.4 Å². The number of carboxylic acids is 1. The summed E-state index contributed by atoms with van der Waals surface area (Å²) in [5.74, 6) is -1.46. The maximum atomic E-state index is 13.2. The molecule has 2 unspecified atom stereocenters. The van der Waals surface area contributed by atoms with Gasteiger partial charge in [0.2, 0.25) is 5.91 Å². The number of benzene rings is 2. The molecular formula is C26H30N2O5. The molecule has 2 atom stereocenters. The third kappa shape index (κ3) is 4.19. The molecule has 4 rings (SSSR count). The van der Waals surface area contributed by atoms with Crippen molar-refractivity contribution in [3.8, 4) is 11.1 Å². The van der Waals surface area contributed by atoms with E-state index in [2.05, 4.69) is 17.4 Å². The molecule has 2 amide bonds. The second-order valence-corrected chi connectivity index (χ2v) is 8.98. The lowest BCUT2D eigenvalue weighted by molar-refractivity contribution is -0.156. The minimum Gasteiger partial charge on any atom is -0.480 e. The quantitative estimate of drug-likeness (QED) is 0.660. The molecule has 1 fully saturated rings. The van der Waals surface area contributed by atoms with Crippen LogP contribution in [-0.4, -0.2) is 52.7 Å². The normalized spacial score (nSPS) is 20.1. The molecule has 2 aromatic carbocycles. The van der Waals surface area contributed by atoms with Crippen molar-refractivity contribution in [3.63, 3.8) is 0 Å². The van der Waals surface area contributed by atoms with E-state index in [0.717, 1.165) is 22.3 Å². The van der Waals surface area contributed by atoms with Gasteiger partial charge in [-0.15, -0.1) is 0 Å². The number of likely N-dealkylation sites (tertiary alicyclic amines) is 1. The van der Waals surface area contributed by atoms with E-state index in [4.69, 9.17) is 4.74 Å². The second-order valence-electron chi connectivity index (χ2n) is 8.98. The van der Waals surface area contributed by atoms with Gasteiger partial charge in [0.25, 0.3) is 0 Å². The van der Waals surface area contributed by atoms with Crippen LogP contribution in [0, 0.1) is 0 Å². The molecule has 1 aliphatic carbocycles. The maximum absolute atomic E-state index is 13.2. The molecule has 0 aromatic heterocycles. The van der Waals surface area contributed by atoms with E-state index in [1.54, 1.807) is 6.92 Å². The number of ether oxygens (including phenoxy) is 1. The maximum Gasteiger partial charge on any atom is 0.407 e. The van der Waals surface area contributed by atoms with Gasteiger partial charge in [0.05, 0.1) is 0 Å². The van der Waals surface area contributed by atoms with Gasteiger partial charge in [0, 0.05) is 12.5 Å². The smallest absolute Gasteiger partial charge is 0.407 e. The van der Waals surface area contributed by atoms with Gasteiger partial charge in [0.1, 0.15) is 18.2 Å². The minimum absolute atomic E-state index is 0.0719. The van der Waals surface area contributed by atoms with Gasteiger partial charge in [-0.25, -0.2) is 9.59 Å². The lowest BCUT2D eigenvalue weighted by atomic mass is 9.98. The topological polar surface area (TPSA) is 95.9 Å². The summed E-state index contributed by atoms with van der Waals surface area (Å²) in [4.78, 5) is 39.0. The van der Waals surface area contributed by atoms with Gasteiger partial charge in [-0.2, -0.15) is 0 Å². The van der Waals surface area contributed by atoms with E-state index < -0.39 is 23.6 Å². The molecule has 174 valence electrons. The average Bonchev–Trinajstić information content (AvgIpc) is 3.36. The number of hydrogen-bond acceptors (Lipinski definition) is 4. The zero-order chi connectivity index (χ0) is 23.6. The zero-order valence-electron chi connectivity index (χ0n) is 19.0. The summed E-state index contributed by atoms with van der Waals surface area (Å²) in [6.07, 6.45) is 1.43. The molecular weight excluding hydrogens is 420 g/mol. The van der Waals surface area contributed by atoms with Gasteiger partial charge in [-0.1, -0.05) is 61.9 Å². The first-order chi connectivity index (χ1) is 15.9. The van der Waals surface area contributed by atoms with Crippen LogP contribution in [0.5, 0.6) is 0 Å². The number of nitrogens with one attached hydrogen (secondary N) is 1. The van der Waals surface area contributed by atoms with Crippen molar-refractivity contribution >= 4 is 18.0 Å². The molecule has 1 heterocycles. The van der Waals surface area contributed by atoms with Gasteiger partial charge in [-0.3, -0.25) is 4.79 Å². The third-order valence-corrected chi connectivity index (χ3v) is 6.88. The number of carbonyl (C=O) groups excluding carboxylic acids is 2. The Labute approximate surface area is 193 Å². The molecule has 2 N–H and O–H groups in total. The summed E-state index contributed by atoms with van der Waals surface area (Å²) in [5.41, 5.74) is 3.27. The van der Waals surface area contributed by atoms with Crippen LogP contribution in [0.25, 0.3) is 11.1 Å². The summed E-state index contributed by atoms with van der Waals surface area (Å²) in [5, 5.41) is 12.3. The molecule has 2 aromatic rings. The van der Waals surface area contributed by atoms with Crippen LogP contribution in [0.1, 0.15) is 56.6 Å². The number of amides is 2. The van der Waals surface area contributed by atoms with Gasteiger partial charge in [0.15, 0.2) is 0 Å². The fourth-order valence-electron chi connectivity index (χ4n) is 5.06. The molecule has 7 nitrogen and oxygen atoms in total. The highest BCUT2D eigenvalue weighted by atomic mass is 16.5. The highest BCUT2D eigenvalue weighted by molar-refractivity contribution is 5.91. The first kappa shape index (κ1) is 22.8. The highest BCUT2D eigenvalue weighted by Gasteiger charge is 2.47. The van der Waals surface area contributed by atoms with Crippen LogP contribution in [0.2, 0.25) is 0 Å². The van der Waals surface area contributed by atoms with Crippen LogP contribution in [0.3, 0.4) is 0 Å². The standard InChI is InChI=1S/C26H30N2O5/c1-3-9-22(23(29)28-15-8-14-26(28,2)24(30)31)27-25(32)33-16-21-19-12-6-4-10-17(19)18-11-5-7-13-20(18)21/h4-7,10-13,21-22H,3,8-9,14-16H2,1-2H3,(H,27,32)(H,30,31). The van der Waals surface area contributed by atoms with Crippen molar-refractivity contribution in [1.82, 2.24) is 10.2 Å². The predicted molar refractivity (Wildman–Crippen MR) is 124 cm³/mol. The first-order valence-corrected chi connectivity index (χ1v) is 11.5. The number of rotatable bonds is 7. The Hall–Kier alpha value is -3.35. The Bertz CT molecular complexity index is 1020. The first-order valence-electron chi connectivity index (χ1n) is 11.5. The lowest BCUT2D eigenvalue weighted by Gasteiger charge is -2.34. The van der Waals surface area contributed by atoms with Gasteiger partial charge < -0.3 is 20.1 Å². The number of fused-ring (bicyclic) bond motifs is 3. The highest BCUT2D eigenvalue weighted by Crippen LogP contribution is 2.44. The van der Waals surface area contributed by atoms with Gasteiger partial charge >= 0.3 is 12.1 Å². The number of aliphatic carboxylic acids is 1.